The highest BCUT2D eigenvalue weighted by Gasteiger charge is 2.13. The van der Waals surface area contributed by atoms with Gasteiger partial charge in [0.2, 0.25) is 11.1 Å². The summed E-state index contributed by atoms with van der Waals surface area (Å²) in [5.41, 5.74) is 5.61. The highest BCUT2D eigenvalue weighted by atomic mass is 35.5. The van der Waals surface area contributed by atoms with Gasteiger partial charge >= 0.3 is 0 Å². The number of hydrazone groups is 1. The van der Waals surface area contributed by atoms with Crippen LogP contribution in [0.4, 0.5) is 11.6 Å². The number of nitrogens with zero attached hydrogens (tertiary/aromatic N) is 4. The number of benzene rings is 1. The van der Waals surface area contributed by atoms with Crippen molar-refractivity contribution in [1.29, 1.82) is 0 Å². The Hall–Kier alpha value is -2.26. The van der Waals surface area contributed by atoms with Gasteiger partial charge in [0.1, 0.15) is 0 Å². The zero-order chi connectivity index (χ0) is 19.2. The van der Waals surface area contributed by atoms with Gasteiger partial charge in [0.25, 0.3) is 5.95 Å². The molecule has 1 aromatic heterocycles. The second kappa shape index (κ2) is 9.09. The van der Waals surface area contributed by atoms with E-state index in [2.05, 4.69) is 26.0 Å². The van der Waals surface area contributed by atoms with E-state index < -0.39 is 0 Å². The maximum Gasteiger partial charge on any atom is 0.264 e. The quantitative estimate of drug-likeness (QED) is 0.384. The molecule has 4 N–H and O–H groups in total. The third-order valence-corrected chi connectivity index (χ3v) is 5.39. The van der Waals surface area contributed by atoms with E-state index in [4.69, 9.17) is 17.4 Å². The number of carbonyl (C=O) groups is 1. The van der Waals surface area contributed by atoms with E-state index in [0.717, 1.165) is 37.0 Å². The van der Waals surface area contributed by atoms with Gasteiger partial charge in [-0.2, -0.15) is 5.10 Å². The number of carbonyl (C=O) groups excluding carboxylic acids is 1. The van der Waals surface area contributed by atoms with Gasteiger partial charge in [0.05, 0.1) is 5.75 Å². The Balaban J connectivity index is 1.54. The summed E-state index contributed by atoms with van der Waals surface area (Å²) in [7, 11) is 0. The second-order valence-electron chi connectivity index (χ2n) is 6.32. The Bertz CT molecular complexity index is 844. The molecule has 3 rings (SSSR count). The number of nitrogen functional groups attached to an aromatic ring is 1. The van der Waals surface area contributed by atoms with Gasteiger partial charge in [0.15, 0.2) is 0 Å². The van der Waals surface area contributed by atoms with Gasteiger partial charge in [-0.25, -0.2) is 10.1 Å². The summed E-state index contributed by atoms with van der Waals surface area (Å²) in [5.74, 6) is 6.31. The van der Waals surface area contributed by atoms with E-state index in [1.807, 2.05) is 13.0 Å². The molecule has 0 saturated heterocycles. The van der Waals surface area contributed by atoms with Crippen molar-refractivity contribution in [2.45, 2.75) is 44.2 Å². The molecule has 144 valence electrons. The summed E-state index contributed by atoms with van der Waals surface area (Å²) in [6, 6.07) is 5.36. The Morgan fingerprint density at radius 3 is 2.89 bits per heavy atom. The van der Waals surface area contributed by atoms with Crippen molar-refractivity contribution in [2.24, 2.45) is 5.10 Å². The lowest BCUT2D eigenvalue weighted by atomic mass is 9.99. The number of anilines is 2. The van der Waals surface area contributed by atoms with Crippen LogP contribution >= 0.6 is 23.4 Å². The number of hydrogen-bond donors (Lipinski definition) is 3. The molecule has 0 atom stereocenters. The number of halogens is 1. The van der Waals surface area contributed by atoms with E-state index in [9.17, 15) is 4.79 Å². The van der Waals surface area contributed by atoms with Gasteiger partial charge in [-0.3, -0.25) is 4.79 Å². The smallest absolute Gasteiger partial charge is 0.264 e. The van der Waals surface area contributed by atoms with Crippen LogP contribution in [0.5, 0.6) is 0 Å². The second-order valence-corrected chi connectivity index (χ2v) is 7.70. The van der Waals surface area contributed by atoms with Gasteiger partial charge in [-0.15, -0.1) is 10.2 Å². The highest BCUT2D eigenvalue weighted by molar-refractivity contribution is 7.99. The van der Waals surface area contributed by atoms with Gasteiger partial charge in [-0.05, 0) is 50.3 Å². The Labute approximate surface area is 166 Å². The molecule has 1 aromatic carbocycles. The predicted molar refractivity (Wildman–Crippen MR) is 110 cm³/mol. The minimum absolute atomic E-state index is 0.149. The third kappa shape index (κ3) is 5.36. The summed E-state index contributed by atoms with van der Waals surface area (Å²) >= 11 is 7.17. The largest absolute Gasteiger partial charge is 0.334 e. The molecule has 10 heteroatoms. The van der Waals surface area contributed by atoms with Gasteiger partial charge in [-0.1, -0.05) is 35.9 Å². The van der Waals surface area contributed by atoms with Crippen molar-refractivity contribution < 1.29 is 4.79 Å². The molecule has 1 fully saturated rings. The fraction of sp³-hybridized carbons (Fsp3) is 0.412. The first kappa shape index (κ1) is 19.5. The molecule has 2 aromatic rings. The Morgan fingerprint density at radius 2 is 2.11 bits per heavy atom. The van der Waals surface area contributed by atoms with E-state index in [1.165, 1.54) is 22.9 Å². The van der Waals surface area contributed by atoms with E-state index >= 15 is 0 Å². The van der Waals surface area contributed by atoms with E-state index in [-0.39, 0.29) is 11.7 Å². The molecule has 0 aliphatic heterocycles. The van der Waals surface area contributed by atoms with Crippen LogP contribution < -0.4 is 16.6 Å². The van der Waals surface area contributed by atoms with Crippen molar-refractivity contribution in [3.05, 3.63) is 28.8 Å². The maximum absolute atomic E-state index is 12.2. The number of amides is 1. The standard InChI is InChI=1S/C17H22ClN7OS/c1-11-7-8-12(18)9-14(11)20-15(26)10-27-17-24-23-16(25(17)19)22-21-13-5-3-2-4-6-13/h7-9H,2-6,10,19H2,1H3,(H,20,26)(H,22,23). The average molecular weight is 408 g/mol. The van der Waals surface area contributed by atoms with Crippen LogP contribution in [0.3, 0.4) is 0 Å². The highest BCUT2D eigenvalue weighted by Crippen LogP contribution is 2.22. The molecule has 27 heavy (non-hydrogen) atoms. The summed E-state index contributed by atoms with van der Waals surface area (Å²) in [5, 5.41) is 16.2. The van der Waals surface area contributed by atoms with Gasteiger partial charge in [0, 0.05) is 16.4 Å². The molecule has 1 amide bonds. The Morgan fingerprint density at radius 1 is 1.33 bits per heavy atom. The van der Waals surface area contributed by atoms with Crippen LogP contribution in [0.2, 0.25) is 5.02 Å². The molecule has 0 bridgehead atoms. The summed E-state index contributed by atoms with van der Waals surface area (Å²) in [4.78, 5) is 12.2. The van der Waals surface area contributed by atoms with Crippen molar-refractivity contribution in [1.82, 2.24) is 14.9 Å². The third-order valence-electron chi connectivity index (χ3n) is 4.22. The van der Waals surface area contributed by atoms with Crippen LogP contribution in [0.15, 0.2) is 28.5 Å². The number of nitrogens with two attached hydrogens (primary N) is 1. The lowest BCUT2D eigenvalue weighted by Crippen LogP contribution is -2.17. The zero-order valence-corrected chi connectivity index (χ0v) is 16.6. The maximum atomic E-state index is 12.2. The first-order chi connectivity index (χ1) is 13.0. The molecule has 1 heterocycles. The fourth-order valence-corrected chi connectivity index (χ4v) is 3.53. The van der Waals surface area contributed by atoms with Gasteiger partial charge < -0.3 is 11.2 Å². The number of aryl methyl sites for hydroxylation is 1. The first-order valence-electron chi connectivity index (χ1n) is 8.73. The van der Waals surface area contributed by atoms with E-state index in [1.54, 1.807) is 12.1 Å². The number of aromatic nitrogens is 3. The molecule has 0 unspecified atom stereocenters. The van der Waals surface area contributed by atoms with Crippen LogP contribution in [-0.2, 0) is 4.79 Å². The number of rotatable bonds is 6. The molecule has 0 radical (unpaired) electrons. The van der Waals surface area contributed by atoms with Crippen LogP contribution in [0, 0.1) is 6.92 Å². The zero-order valence-electron chi connectivity index (χ0n) is 15.0. The molecule has 0 spiro atoms. The summed E-state index contributed by atoms with van der Waals surface area (Å²) < 4.78 is 1.30. The van der Waals surface area contributed by atoms with Crippen molar-refractivity contribution in [2.75, 3.05) is 22.3 Å². The van der Waals surface area contributed by atoms with E-state index in [0.29, 0.717) is 21.8 Å². The lowest BCUT2D eigenvalue weighted by Gasteiger charge is -2.12. The molecular formula is C17H22ClN7OS. The van der Waals surface area contributed by atoms with Crippen LogP contribution in [0.1, 0.15) is 37.7 Å². The van der Waals surface area contributed by atoms with Crippen molar-refractivity contribution >= 4 is 46.6 Å². The van der Waals surface area contributed by atoms with Crippen LogP contribution in [-0.4, -0.2) is 32.2 Å². The Kier molecular flexibility index (Phi) is 6.57. The summed E-state index contributed by atoms with van der Waals surface area (Å²) in [6.07, 6.45) is 5.58. The fourth-order valence-electron chi connectivity index (χ4n) is 2.70. The number of thioether (sulfide) groups is 1. The number of nitrogens with one attached hydrogen (secondary N) is 2. The molecule has 1 saturated carbocycles. The average Bonchev–Trinajstić information content (AvgIpc) is 3.02. The number of hydrogen-bond acceptors (Lipinski definition) is 7. The monoisotopic (exact) mass is 407 g/mol. The predicted octanol–water partition coefficient (Wildman–Crippen LogP) is 3.42. The van der Waals surface area contributed by atoms with Crippen LogP contribution in [0.25, 0.3) is 0 Å². The molecule has 1 aliphatic rings. The molecular weight excluding hydrogens is 386 g/mol. The minimum Gasteiger partial charge on any atom is -0.334 e. The molecule has 1 aliphatic carbocycles. The SMILES string of the molecule is Cc1ccc(Cl)cc1NC(=O)CSc1nnc(NN=C2CCCCC2)n1N. The van der Waals surface area contributed by atoms with Crippen molar-refractivity contribution in [3.8, 4) is 0 Å². The normalized spacial score (nSPS) is 14.1. The topological polar surface area (TPSA) is 110 Å². The lowest BCUT2D eigenvalue weighted by molar-refractivity contribution is -0.113. The summed E-state index contributed by atoms with van der Waals surface area (Å²) in [6.45, 7) is 1.90. The van der Waals surface area contributed by atoms with Crippen molar-refractivity contribution in [3.63, 3.8) is 0 Å². The minimum atomic E-state index is -0.176. The molecule has 8 nitrogen and oxygen atoms in total. The first-order valence-corrected chi connectivity index (χ1v) is 10.1.